The molecule has 0 saturated carbocycles. The fourth-order valence-electron chi connectivity index (χ4n) is 2.21. The van der Waals surface area contributed by atoms with Crippen LogP contribution in [-0.4, -0.2) is 47.3 Å². The second kappa shape index (κ2) is 5.47. The fourth-order valence-corrected chi connectivity index (χ4v) is 2.21. The fraction of sp³-hybridized carbons (Fsp3) is 0.909. The lowest BCUT2D eigenvalue weighted by Gasteiger charge is -2.38. The Bertz CT molecular complexity index is 210. The Hall–Kier alpha value is -0.610. The number of carbonyl (C=O) groups is 1. The third-order valence-electron chi connectivity index (χ3n) is 2.74. The molecule has 1 heterocycles. The van der Waals surface area contributed by atoms with Gasteiger partial charge in [0.25, 0.3) is 0 Å². The number of aliphatic carboxylic acids is 1. The Labute approximate surface area is 91.2 Å². The van der Waals surface area contributed by atoms with E-state index in [9.17, 15) is 4.79 Å². The molecule has 88 valence electrons. The minimum Gasteiger partial charge on any atom is -0.480 e. The number of hydrogen-bond donors (Lipinski definition) is 1. The van der Waals surface area contributed by atoms with E-state index in [4.69, 9.17) is 9.84 Å². The van der Waals surface area contributed by atoms with E-state index in [1.807, 2.05) is 25.7 Å². The van der Waals surface area contributed by atoms with Gasteiger partial charge in [0.05, 0.1) is 12.2 Å². The highest BCUT2D eigenvalue weighted by atomic mass is 16.5. The molecule has 0 amide bonds. The Morgan fingerprint density at radius 3 is 2.40 bits per heavy atom. The van der Waals surface area contributed by atoms with Crippen LogP contribution >= 0.6 is 0 Å². The van der Waals surface area contributed by atoms with Gasteiger partial charge in [-0.2, -0.15) is 0 Å². The van der Waals surface area contributed by atoms with E-state index in [0.717, 1.165) is 25.9 Å². The van der Waals surface area contributed by atoms with Crippen molar-refractivity contribution in [3.05, 3.63) is 0 Å². The van der Waals surface area contributed by atoms with Crippen LogP contribution < -0.4 is 0 Å². The van der Waals surface area contributed by atoms with E-state index < -0.39 is 5.97 Å². The number of ether oxygens (including phenoxy) is 1. The summed E-state index contributed by atoms with van der Waals surface area (Å²) in [6, 6.07) is -0.344. The monoisotopic (exact) mass is 215 g/mol. The van der Waals surface area contributed by atoms with Crippen molar-refractivity contribution in [1.29, 1.82) is 0 Å². The number of carboxylic acids is 1. The van der Waals surface area contributed by atoms with Gasteiger partial charge in [-0.25, -0.2) is 0 Å². The zero-order valence-electron chi connectivity index (χ0n) is 9.77. The van der Waals surface area contributed by atoms with Crippen LogP contribution in [0.5, 0.6) is 0 Å². The first-order chi connectivity index (χ1) is 7.04. The van der Waals surface area contributed by atoms with Gasteiger partial charge in [0.1, 0.15) is 6.04 Å². The van der Waals surface area contributed by atoms with Crippen molar-refractivity contribution in [3.63, 3.8) is 0 Å². The minimum absolute atomic E-state index is 0.132. The van der Waals surface area contributed by atoms with Crippen molar-refractivity contribution < 1.29 is 14.6 Å². The van der Waals surface area contributed by atoms with Crippen LogP contribution in [0.1, 0.15) is 33.6 Å². The molecule has 0 bridgehead atoms. The van der Waals surface area contributed by atoms with Crippen molar-refractivity contribution in [1.82, 2.24) is 4.90 Å². The molecule has 3 atom stereocenters. The molecule has 0 radical (unpaired) electrons. The van der Waals surface area contributed by atoms with E-state index in [1.165, 1.54) is 0 Å². The lowest BCUT2D eigenvalue weighted by Crippen LogP contribution is -2.52. The van der Waals surface area contributed by atoms with Gasteiger partial charge in [-0.15, -0.1) is 0 Å². The lowest BCUT2D eigenvalue weighted by molar-refractivity contribution is -0.149. The summed E-state index contributed by atoms with van der Waals surface area (Å²) < 4.78 is 5.59. The summed E-state index contributed by atoms with van der Waals surface area (Å²) in [4.78, 5) is 13.2. The van der Waals surface area contributed by atoms with Crippen LogP contribution in [0.4, 0.5) is 0 Å². The normalized spacial score (nSPS) is 30.1. The quantitative estimate of drug-likeness (QED) is 0.769. The topological polar surface area (TPSA) is 49.8 Å². The van der Waals surface area contributed by atoms with Crippen molar-refractivity contribution in [2.24, 2.45) is 0 Å². The summed E-state index contributed by atoms with van der Waals surface area (Å²) in [5, 5.41) is 9.15. The Morgan fingerprint density at radius 2 is 2.00 bits per heavy atom. The first kappa shape index (κ1) is 12.5. The molecule has 1 saturated heterocycles. The summed E-state index contributed by atoms with van der Waals surface area (Å²) in [6.07, 6.45) is 1.88. The SMILES string of the molecule is CCC[C@H](C(=O)O)N1C[C@H](C)O[C@@H](C)C1. The number of nitrogens with zero attached hydrogens (tertiary/aromatic N) is 1. The van der Waals surface area contributed by atoms with Gasteiger partial charge in [0, 0.05) is 13.1 Å². The van der Waals surface area contributed by atoms with Crippen molar-refractivity contribution in [3.8, 4) is 0 Å². The predicted molar refractivity (Wildman–Crippen MR) is 57.9 cm³/mol. The Morgan fingerprint density at radius 1 is 1.47 bits per heavy atom. The van der Waals surface area contributed by atoms with E-state index in [0.29, 0.717) is 0 Å². The first-order valence-electron chi connectivity index (χ1n) is 5.67. The molecule has 15 heavy (non-hydrogen) atoms. The third kappa shape index (κ3) is 3.47. The average Bonchev–Trinajstić information content (AvgIpc) is 2.11. The van der Waals surface area contributed by atoms with E-state index in [2.05, 4.69) is 0 Å². The predicted octanol–water partition coefficient (Wildman–Crippen LogP) is 1.35. The third-order valence-corrected chi connectivity index (χ3v) is 2.74. The molecule has 1 rings (SSSR count). The molecule has 1 N–H and O–H groups in total. The van der Waals surface area contributed by atoms with Crippen LogP contribution in [0.3, 0.4) is 0 Å². The van der Waals surface area contributed by atoms with Crippen molar-refractivity contribution >= 4 is 5.97 Å². The maximum Gasteiger partial charge on any atom is 0.320 e. The molecule has 1 fully saturated rings. The zero-order chi connectivity index (χ0) is 11.4. The van der Waals surface area contributed by atoms with Gasteiger partial charge in [0.15, 0.2) is 0 Å². The first-order valence-corrected chi connectivity index (χ1v) is 5.67. The van der Waals surface area contributed by atoms with Gasteiger partial charge in [-0.3, -0.25) is 9.69 Å². The second-order valence-corrected chi connectivity index (χ2v) is 4.35. The molecule has 0 aliphatic carbocycles. The van der Waals surface area contributed by atoms with Gasteiger partial charge in [0.2, 0.25) is 0 Å². The van der Waals surface area contributed by atoms with Crippen LogP contribution in [0, 0.1) is 0 Å². The highest BCUT2D eigenvalue weighted by Gasteiger charge is 2.31. The van der Waals surface area contributed by atoms with Gasteiger partial charge < -0.3 is 9.84 Å². The van der Waals surface area contributed by atoms with Crippen LogP contribution in [-0.2, 0) is 9.53 Å². The maximum atomic E-state index is 11.1. The lowest BCUT2D eigenvalue weighted by atomic mass is 10.1. The summed E-state index contributed by atoms with van der Waals surface area (Å²) in [7, 11) is 0. The standard InChI is InChI=1S/C11H21NO3/c1-4-5-10(11(13)14)12-6-8(2)15-9(3)7-12/h8-10H,4-7H2,1-3H3,(H,13,14)/t8-,9-,10+/m0/s1. The molecule has 0 unspecified atom stereocenters. The minimum atomic E-state index is -0.710. The summed E-state index contributed by atoms with van der Waals surface area (Å²) in [5.41, 5.74) is 0. The largest absolute Gasteiger partial charge is 0.480 e. The van der Waals surface area contributed by atoms with E-state index in [-0.39, 0.29) is 18.2 Å². The average molecular weight is 215 g/mol. The summed E-state index contributed by atoms with van der Waals surface area (Å²) in [6.45, 7) is 7.45. The highest BCUT2D eigenvalue weighted by molar-refractivity contribution is 5.73. The molecule has 1 aliphatic heterocycles. The molecule has 4 heteroatoms. The Balaban J connectivity index is 2.61. The molecule has 4 nitrogen and oxygen atoms in total. The highest BCUT2D eigenvalue weighted by Crippen LogP contribution is 2.16. The number of rotatable bonds is 4. The number of morpholine rings is 1. The maximum absolute atomic E-state index is 11.1. The molecule has 1 aliphatic rings. The van der Waals surface area contributed by atoms with Crippen molar-refractivity contribution in [2.45, 2.75) is 51.9 Å². The number of hydrogen-bond acceptors (Lipinski definition) is 3. The van der Waals surface area contributed by atoms with Gasteiger partial charge >= 0.3 is 5.97 Å². The molecular formula is C11H21NO3. The van der Waals surface area contributed by atoms with Crippen LogP contribution in [0.15, 0.2) is 0 Å². The van der Waals surface area contributed by atoms with Crippen molar-refractivity contribution in [2.75, 3.05) is 13.1 Å². The molecule has 0 spiro atoms. The second-order valence-electron chi connectivity index (χ2n) is 4.35. The molecular weight excluding hydrogens is 194 g/mol. The van der Waals surface area contributed by atoms with E-state index >= 15 is 0 Å². The van der Waals surface area contributed by atoms with Crippen LogP contribution in [0.2, 0.25) is 0 Å². The van der Waals surface area contributed by atoms with E-state index in [1.54, 1.807) is 0 Å². The van der Waals surface area contributed by atoms with Gasteiger partial charge in [-0.05, 0) is 20.3 Å². The molecule has 0 aromatic rings. The van der Waals surface area contributed by atoms with Gasteiger partial charge in [-0.1, -0.05) is 13.3 Å². The Kier molecular flexibility index (Phi) is 4.54. The molecule has 0 aromatic heterocycles. The van der Waals surface area contributed by atoms with Crippen LogP contribution in [0.25, 0.3) is 0 Å². The smallest absolute Gasteiger partial charge is 0.320 e. The summed E-state index contributed by atoms with van der Waals surface area (Å²) >= 11 is 0. The number of carboxylic acid groups (broad SMARTS) is 1. The summed E-state index contributed by atoms with van der Waals surface area (Å²) in [5.74, 6) is -0.710. The zero-order valence-corrected chi connectivity index (χ0v) is 9.77. The molecule has 0 aromatic carbocycles.